The second-order valence-corrected chi connectivity index (χ2v) is 4.17. The van der Waals surface area contributed by atoms with Crippen molar-refractivity contribution in [2.75, 3.05) is 25.1 Å². The van der Waals surface area contributed by atoms with Crippen LogP contribution < -0.4 is 4.90 Å². The van der Waals surface area contributed by atoms with Crippen molar-refractivity contribution in [3.05, 3.63) is 23.9 Å². The number of nitrogens with zero attached hydrogens (tertiary/aromatic N) is 2. The van der Waals surface area contributed by atoms with Crippen LogP contribution in [0.4, 0.5) is 5.82 Å². The molecule has 0 aliphatic heterocycles. The highest BCUT2D eigenvalue weighted by Gasteiger charge is 2.04. The number of unbranched alkanes of at least 4 members (excludes halogenated alkanes) is 2. The Kier molecular flexibility index (Phi) is 5.63. The number of rotatable bonds is 7. The maximum absolute atomic E-state index is 11.1. The van der Waals surface area contributed by atoms with Crippen LogP contribution >= 0.6 is 0 Å². The van der Waals surface area contributed by atoms with E-state index in [2.05, 4.69) is 9.88 Å². The standard InChI is InChI=1S/C13H20N2O2/c1-11(17)12-6-7-13(14-10-12)15(2)8-4-3-5-9-16/h6-7,10,16H,3-5,8-9H2,1-2H3. The summed E-state index contributed by atoms with van der Waals surface area (Å²) in [5.41, 5.74) is 0.641. The van der Waals surface area contributed by atoms with E-state index in [4.69, 9.17) is 5.11 Å². The maximum Gasteiger partial charge on any atom is 0.161 e. The van der Waals surface area contributed by atoms with Crippen molar-refractivity contribution in [3.63, 3.8) is 0 Å². The van der Waals surface area contributed by atoms with Crippen LogP contribution in [0.25, 0.3) is 0 Å². The summed E-state index contributed by atoms with van der Waals surface area (Å²) >= 11 is 0. The molecule has 0 saturated heterocycles. The van der Waals surface area contributed by atoms with Crippen LogP contribution in [0.1, 0.15) is 36.5 Å². The summed E-state index contributed by atoms with van der Waals surface area (Å²) in [6.07, 6.45) is 4.52. The summed E-state index contributed by atoms with van der Waals surface area (Å²) < 4.78 is 0. The number of aromatic nitrogens is 1. The SMILES string of the molecule is CC(=O)c1ccc(N(C)CCCCCO)nc1. The third kappa shape index (κ3) is 4.53. The Bertz CT molecular complexity index is 349. The number of hydrogen-bond acceptors (Lipinski definition) is 4. The number of carbonyl (C=O) groups excluding carboxylic acids is 1. The molecule has 4 heteroatoms. The van der Waals surface area contributed by atoms with Crippen LogP contribution in [0, 0.1) is 0 Å². The van der Waals surface area contributed by atoms with Crippen LogP contribution in [0.2, 0.25) is 0 Å². The molecule has 1 rings (SSSR count). The van der Waals surface area contributed by atoms with Gasteiger partial charge in [-0.2, -0.15) is 0 Å². The van der Waals surface area contributed by atoms with Gasteiger partial charge in [0.25, 0.3) is 0 Å². The number of anilines is 1. The summed E-state index contributed by atoms with van der Waals surface area (Å²) in [4.78, 5) is 17.4. The van der Waals surface area contributed by atoms with E-state index in [1.807, 2.05) is 13.1 Å². The molecule has 0 aromatic carbocycles. The average molecular weight is 236 g/mol. The van der Waals surface area contributed by atoms with E-state index in [-0.39, 0.29) is 12.4 Å². The molecule has 0 fully saturated rings. The fraction of sp³-hybridized carbons (Fsp3) is 0.538. The lowest BCUT2D eigenvalue weighted by atomic mass is 10.2. The molecule has 0 bridgehead atoms. The van der Waals surface area contributed by atoms with E-state index < -0.39 is 0 Å². The quantitative estimate of drug-likeness (QED) is 0.580. The topological polar surface area (TPSA) is 53.4 Å². The van der Waals surface area contributed by atoms with Gasteiger partial charge in [-0.15, -0.1) is 0 Å². The molecule has 0 aliphatic carbocycles. The summed E-state index contributed by atoms with van der Waals surface area (Å²) in [6, 6.07) is 3.66. The minimum absolute atomic E-state index is 0.0367. The van der Waals surface area contributed by atoms with Crippen LogP contribution in [0.5, 0.6) is 0 Å². The van der Waals surface area contributed by atoms with Crippen molar-refractivity contribution in [3.8, 4) is 0 Å². The summed E-state index contributed by atoms with van der Waals surface area (Å²) in [6.45, 7) is 2.71. The zero-order valence-electron chi connectivity index (χ0n) is 10.5. The fourth-order valence-corrected chi connectivity index (χ4v) is 1.57. The molecule has 94 valence electrons. The van der Waals surface area contributed by atoms with Gasteiger partial charge in [-0.1, -0.05) is 0 Å². The average Bonchev–Trinajstić information content (AvgIpc) is 2.34. The number of Topliss-reactive ketones (excluding diaryl/α,β-unsaturated/α-hetero) is 1. The molecule has 1 aromatic rings. The molecule has 0 amide bonds. The van der Waals surface area contributed by atoms with Crippen LogP contribution in [-0.2, 0) is 0 Å². The predicted molar refractivity (Wildman–Crippen MR) is 68.4 cm³/mol. The van der Waals surface area contributed by atoms with Gasteiger partial charge in [0.05, 0.1) is 0 Å². The molecule has 0 saturated carbocycles. The normalized spacial score (nSPS) is 10.3. The number of hydrogen-bond donors (Lipinski definition) is 1. The molecule has 0 aliphatic rings. The first kappa shape index (κ1) is 13.6. The van der Waals surface area contributed by atoms with Gasteiger partial charge < -0.3 is 10.0 Å². The number of ketones is 1. The van der Waals surface area contributed by atoms with Gasteiger partial charge in [-0.25, -0.2) is 4.98 Å². The van der Waals surface area contributed by atoms with Crippen LogP contribution in [0.15, 0.2) is 18.3 Å². The first-order chi connectivity index (χ1) is 8.15. The van der Waals surface area contributed by atoms with E-state index in [0.717, 1.165) is 31.6 Å². The Morgan fingerprint density at radius 2 is 2.12 bits per heavy atom. The van der Waals surface area contributed by atoms with E-state index >= 15 is 0 Å². The molecular weight excluding hydrogens is 216 g/mol. The number of aliphatic hydroxyl groups excluding tert-OH is 1. The Morgan fingerprint density at radius 1 is 1.35 bits per heavy atom. The minimum atomic E-state index is 0.0367. The monoisotopic (exact) mass is 236 g/mol. The summed E-state index contributed by atoms with van der Waals surface area (Å²) in [5, 5.41) is 8.67. The molecular formula is C13H20N2O2. The Morgan fingerprint density at radius 3 is 2.65 bits per heavy atom. The first-order valence-electron chi connectivity index (χ1n) is 5.94. The second kappa shape index (κ2) is 7.01. The van der Waals surface area contributed by atoms with Gasteiger partial charge in [-0.05, 0) is 38.3 Å². The van der Waals surface area contributed by atoms with Crippen molar-refractivity contribution >= 4 is 11.6 Å². The van der Waals surface area contributed by atoms with Gasteiger partial charge in [-0.3, -0.25) is 4.79 Å². The maximum atomic E-state index is 11.1. The third-order valence-electron chi connectivity index (χ3n) is 2.70. The summed E-state index contributed by atoms with van der Waals surface area (Å²) in [5.74, 6) is 0.911. The van der Waals surface area contributed by atoms with Gasteiger partial charge in [0.15, 0.2) is 5.78 Å². The molecule has 0 radical (unpaired) electrons. The number of aliphatic hydroxyl groups is 1. The largest absolute Gasteiger partial charge is 0.396 e. The number of carbonyl (C=O) groups is 1. The van der Waals surface area contributed by atoms with Crippen LogP contribution in [0.3, 0.4) is 0 Å². The van der Waals surface area contributed by atoms with Gasteiger partial charge in [0.1, 0.15) is 5.82 Å². The Hall–Kier alpha value is -1.42. The molecule has 4 nitrogen and oxygen atoms in total. The lowest BCUT2D eigenvalue weighted by Crippen LogP contribution is -2.19. The van der Waals surface area contributed by atoms with Crippen molar-refractivity contribution in [1.82, 2.24) is 4.98 Å². The van der Waals surface area contributed by atoms with Crippen molar-refractivity contribution in [2.45, 2.75) is 26.2 Å². The zero-order valence-corrected chi connectivity index (χ0v) is 10.5. The molecule has 0 atom stereocenters. The highest BCUT2D eigenvalue weighted by Crippen LogP contribution is 2.11. The Balaban J connectivity index is 2.46. The molecule has 17 heavy (non-hydrogen) atoms. The molecule has 1 heterocycles. The van der Waals surface area contributed by atoms with Gasteiger partial charge >= 0.3 is 0 Å². The summed E-state index contributed by atoms with van der Waals surface area (Å²) in [7, 11) is 1.98. The van der Waals surface area contributed by atoms with E-state index in [9.17, 15) is 4.79 Å². The van der Waals surface area contributed by atoms with Crippen molar-refractivity contribution in [2.24, 2.45) is 0 Å². The van der Waals surface area contributed by atoms with Crippen molar-refractivity contribution < 1.29 is 9.90 Å². The van der Waals surface area contributed by atoms with E-state index in [1.54, 1.807) is 12.3 Å². The molecule has 0 unspecified atom stereocenters. The lowest BCUT2D eigenvalue weighted by Gasteiger charge is -2.17. The molecule has 0 spiro atoms. The third-order valence-corrected chi connectivity index (χ3v) is 2.70. The van der Waals surface area contributed by atoms with E-state index in [0.29, 0.717) is 5.56 Å². The van der Waals surface area contributed by atoms with Crippen LogP contribution in [-0.4, -0.2) is 36.1 Å². The highest BCUT2D eigenvalue weighted by atomic mass is 16.2. The minimum Gasteiger partial charge on any atom is -0.396 e. The smallest absolute Gasteiger partial charge is 0.161 e. The van der Waals surface area contributed by atoms with E-state index in [1.165, 1.54) is 6.92 Å². The molecule has 1 aromatic heterocycles. The second-order valence-electron chi connectivity index (χ2n) is 4.17. The predicted octanol–water partition coefficient (Wildman–Crippen LogP) is 1.88. The highest BCUT2D eigenvalue weighted by molar-refractivity contribution is 5.93. The fourth-order valence-electron chi connectivity index (χ4n) is 1.57. The molecule has 1 N–H and O–H groups in total. The van der Waals surface area contributed by atoms with Crippen molar-refractivity contribution in [1.29, 1.82) is 0 Å². The van der Waals surface area contributed by atoms with Gasteiger partial charge in [0.2, 0.25) is 0 Å². The lowest BCUT2D eigenvalue weighted by molar-refractivity contribution is 0.101. The Labute approximate surface area is 102 Å². The zero-order chi connectivity index (χ0) is 12.7. The first-order valence-corrected chi connectivity index (χ1v) is 5.94. The number of pyridine rings is 1. The van der Waals surface area contributed by atoms with Gasteiger partial charge in [0, 0.05) is 32.0 Å².